The average molecular weight is 207 g/mol. The van der Waals surface area contributed by atoms with E-state index in [0.717, 1.165) is 17.7 Å². The molecule has 0 radical (unpaired) electrons. The van der Waals surface area contributed by atoms with Gasteiger partial charge in [0.25, 0.3) is 0 Å². The van der Waals surface area contributed by atoms with E-state index in [1.807, 2.05) is 0 Å². The summed E-state index contributed by atoms with van der Waals surface area (Å²) in [7, 11) is 0. The van der Waals surface area contributed by atoms with Crippen LogP contribution < -0.4 is 5.32 Å². The molecule has 2 aliphatic carbocycles. The van der Waals surface area contributed by atoms with Crippen molar-refractivity contribution in [1.29, 1.82) is 0 Å². The first-order valence-corrected chi connectivity index (χ1v) is 5.37. The highest BCUT2D eigenvalue weighted by Gasteiger charge is 2.63. The lowest BCUT2D eigenvalue weighted by Gasteiger charge is -2.14. The van der Waals surface area contributed by atoms with Gasteiger partial charge in [-0.3, -0.25) is 9.59 Å². The first-order valence-electron chi connectivity index (χ1n) is 5.37. The first kappa shape index (κ1) is 10.4. The first-order chi connectivity index (χ1) is 6.85. The predicted octanol–water partition coefficient (Wildman–Crippen LogP) is 1.64. The fourth-order valence-electron chi connectivity index (χ4n) is 2.98. The van der Waals surface area contributed by atoms with Crippen LogP contribution in [0.3, 0.4) is 0 Å². The minimum absolute atomic E-state index is 0.0807. The van der Waals surface area contributed by atoms with Crippen molar-refractivity contribution in [3.8, 4) is 0 Å². The predicted molar refractivity (Wildman–Crippen MR) is 56.9 cm³/mol. The smallest absolute Gasteiger partial charge is 0.221 e. The zero-order chi connectivity index (χ0) is 11.4. The Balaban J connectivity index is 2.29. The number of carbonyl (C=O) groups excluding carboxylic acids is 2. The van der Waals surface area contributed by atoms with Crippen molar-refractivity contribution in [2.45, 2.75) is 34.1 Å². The SMILES string of the molecule is CC(=O)NC1=C(C(C)=O)C2C(C1)C2(C)C. The van der Waals surface area contributed by atoms with Crippen LogP contribution in [-0.4, -0.2) is 11.7 Å². The monoisotopic (exact) mass is 207 g/mol. The lowest BCUT2D eigenvalue weighted by Crippen LogP contribution is -2.23. The molecule has 0 bridgehead atoms. The van der Waals surface area contributed by atoms with Crippen LogP contribution in [0.2, 0.25) is 0 Å². The summed E-state index contributed by atoms with van der Waals surface area (Å²) in [5, 5.41) is 2.79. The second-order valence-electron chi connectivity index (χ2n) is 5.24. The van der Waals surface area contributed by atoms with Crippen LogP contribution in [0.1, 0.15) is 34.1 Å². The fraction of sp³-hybridized carbons (Fsp3) is 0.667. The average Bonchev–Trinajstić information content (AvgIpc) is 2.49. The molecular weight excluding hydrogens is 190 g/mol. The van der Waals surface area contributed by atoms with Gasteiger partial charge in [-0.05, 0) is 30.6 Å². The standard InChI is InChI=1S/C12H17NO2/c1-6(14)10-9(13-7(2)15)5-8-11(10)12(8,3)4/h8,11H,5H2,1-4H3,(H,13,15). The summed E-state index contributed by atoms with van der Waals surface area (Å²) in [6, 6.07) is 0. The molecule has 3 nitrogen and oxygen atoms in total. The van der Waals surface area contributed by atoms with E-state index in [9.17, 15) is 9.59 Å². The maximum Gasteiger partial charge on any atom is 0.221 e. The van der Waals surface area contributed by atoms with Crippen LogP contribution in [0, 0.1) is 17.3 Å². The van der Waals surface area contributed by atoms with Crippen molar-refractivity contribution in [2.24, 2.45) is 17.3 Å². The number of Topliss-reactive ketones (excluding diaryl/α,β-unsaturated/α-hetero) is 1. The van der Waals surface area contributed by atoms with E-state index < -0.39 is 0 Å². The van der Waals surface area contributed by atoms with Gasteiger partial charge in [-0.2, -0.15) is 0 Å². The van der Waals surface area contributed by atoms with Gasteiger partial charge in [-0.25, -0.2) is 0 Å². The maximum atomic E-state index is 11.6. The molecule has 2 rings (SSSR count). The molecule has 0 aliphatic heterocycles. The topological polar surface area (TPSA) is 46.2 Å². The Labute approximate surface area is 89.9 Å². The van der Waals surface area contributed by atoms with E-state index in [1.165, 1.54) is 6.92 Å². The van der Waals surface area contributed by atoms with Gasteiger partial charge in [-0.15, -0.1) is 0 Å². The van der Waals surface area contributed by atoms with E-state index in [2.05, 4.69) is 19.2 Å². The molecule has 0 heterocycles. The number of ketones is 1. The largest absolute Gasteiger partial charge is 0.330 e. The molecule has 1 amide bonds. The summed E-state index contributed by atoms with van der Waals surface area (Å²) in [6.45, 7) is 7.46. The van der Waals surface area contributed by atoms with Gasteiger partial charge in [0.15, 0.2) is 5.78 Å². The van der Waals surface area contributed by atoms with Gasteiger partial charge in [-0.1, -0.05) is 13.8 Å². The lowest BCUT2D eigenvalue weighted by molar-refractivity contribution is -0.118. The number of fused-ring (bicyclic) bond motifs is 1. The van der Waals surface area contributed by atoms with Gasteiger partial charge >= 0.3 is 0 Å². The summed E-state index contributed by atoms with van der Waals surface area (Å²) in [5.74, 6) is 0.954. The van der Waals surface area contributed by atoms with Crippen molar-refractivity contribution >= 4 is 11.7 Å². The van der Waals surface area contributed by atoms with E-state index in [1.54, 1.807) is 6.92 Å². The van der Waals surface area contributed by atoms with Crippen LogP contribution >= 0.6 is 0 Å². The maximum absolute atomic E-state index is 11.6. The Morgan fingerprint density at radius 2 is 1.93 bits per heavy atom. The molecule has 0 aromatic carbocycles. The second-order valence-corrected chi connectivity index (χ2v) is 5.24. The molecule has 1 saturated carbocycles. The zero-order valence-corrected chi connectivity index (χ0v) is 9.68. The Kier molecular flexibility index (Phi) is 2.04. The van der Waals surface area contributed by atoms with E-state index in [0.29, 0.717) is 11.8 Å². The van der Waals surface area contributed by atoms with Crippen LogP contribution in [0.15, 0.2) is 11.3 Å². The molecule has 1 fully saturated rings. The van der Waals surface area contributed by atoms with Crippen LogP contribution in [0.5, 0.6) is 0 Å². The third-order valence-electron chi connectivity index (χ3n) is 3.82. The van der Waals surface area contributed by atoms with Gasteiger partial charge < -0.3 is 5.32 Å². The van der Waals surface area contributed by atoms with Gasteiger partial charge in [0.2, 0.25) is 5.91 Å². The summed E-state index contributed by atoms with van der Waals surface area (Å²) in [6.07, 6.45) is 0.853. The number of hydrogen-bond acceptors (Lipinski definition) is 2. The van der Waals surface area contributed by atoms with E-state index in [-0.39, 0.29) is 17.1 Å². The quantitative estimate of drug-likeness (QED) is 0.748. The molecule has 82 valence electrons. The Morgan fingerprint density at radius 1 is 1.33 bits per heavy atom. The summed E-state index contributed by atoms with van der Waals surface area (Å²) in [4.78, 5) is 22.5. The molecule has 0 saturated heterocycles. The Bertz CT molecular complexity index is 379. The molecule has 0 aromatic rings. The summed E-state index contributed by atoms with van der Waals surface area (Å²) >= 11 is 0. The van der Waals surface area contributed by atoms with Crippen molar-refractivity contribution < 1.29 is 9.59 Å². The normalized spacial score (nSPS) is 31.2. The minimum Gasteiger partial charge on any atom is -0.330 e. The minimum atomic E-state index is -0.0807. The van der Waals surface area contributed by atoms with Crippen molar-refractivity contribution in [3.63, 3.8) is 0 Å². The molecule has 2 aliphatic rings. The highest BCUT2D eigenvalue weighted by Crippen LogP contribution is 2.68. The molecule has 0 spiro atoms. The third kappa shape index (κ3) is 1.41. The zero-order valence-electron chi connectivity index (χ0n) is 9.68. The Morgan fingerprint density at radius 3 is 2.40 bits per heavy atom. The third-order valence-corrected chi connectivity index (χ3v) is 3.82. The number of amides is 1. The molecule has 2 unspecified atom stereocenters. The van der Waals surface area contributed by atoms with Crippen LogP contribution in [0.25, 0.3) is 0 Å². The van der Waals surface area contributed by atoms with E-state index in [4.69, 9.17) is 0 Å². The number of nitrogens with one attached hydrogen (secondary N) is 1. The second kappa shape index (κ2) is 2.94. The van der Waals surface area contributed by atoms with Gasteiger partial charge in [0.1, 0.15) is 0 Å². The lowest BCUT2D eigenvalue weighted by atomic mass is 9.96. The highest BCUT2D eigenvalue weighted by atomic mass is 16.1. The summed E-state index contributed by atoms with van der Waals surface area (Å²) < 4.78 is 0. The van der Waals surface area contributed by atoms with Crippen molar-refractivity contribution in [1.82, 2.24) is 5.32 Å². The van der Waals surface area contributed by atoms with Crippen molar-refractivity contribution in [2.75, 3.05) is 0 Å². The van der Waals surface area contributed by atoms with Crippen LogP contribution in [0.4, 0.5) is 0 Å². The fourth-order valence-corrected chi connectivity index (χ4v) is 2.98. The van der Waals surface area contributed by atoms with Crippen molar-refractivity contribution in [3.05, 3.63) is 11.3 Å². The molecule has 2 atom stereocenters. The number of allylic oxidation sites excluding steroid dienone is 2. The number of hydrogen-bond donors (Lipinski definition) is 1. The Hall–Kier alpha value is -1.12. The molecule has 3 heteroatoms. The van der Waals surface area contributed by atoms with E-state index >= 15 is 0 Å². The molecular formula is C12H17NO2. The van der Waals surface area contributed by atoms with Gasteiger partial charge in [0, 0.05) is 18.2 Å². The molecule has 1 N–H and O–H groups in total. The highest BCUT2D eigenvalue weighted by molar-refractivity contribution is 5.97. The summed E-state index contributed by atoms with van der Waals surface area (Å²) in [5.41, 5.74) is 1.98. The number of rotatable bonds is 2. The van der Waals surface area contributed by atoms with Gasteiger partial charge in [0.05, 0.1) is 0 Å². The van der Waals surface area contributed by atoms with Crippen LogP contribution in [-0.2, 0) is 9.59 Å². The number of carbonyl (C=O) groups is 2. The molecule has 0 aromatic heterocycles. The molecule has 15 heavy (non-hydrogen) atoms.